The minimum absolute atomic E-state index is 0.0139. The van der Waals surface area contributed by atoms with Gasteiger partial charge in [-0.1, -0.05) is 18.5 Å². The van der Waals surface area contributed by atoms with Crippen molar-refractivity contribution in [2.45, 2.75) is 13.3 Å². The molecule has 0 saturated heterocycles. The highest BCUT2D eigenvalue weighted by atomic mass is 35.5. The molecule has 0 aromatic carbocycles. The van der Waals surface area contributed by atoms with Gasteiger partial charge in [0.1, 0.15) is 4.32 Å². The zero-order valence-electron chi connectivity index (χ0n) is 3.81. The molecule has 0 saturated carbocycles. The van der Waals surface area contributed by atoms with Crippen molar-refractivity contribution >= 4 is 26.2 Å². The van der Waals surface area contributed by atoms with E-state index in [4.69, 9.17) is 11.6 Å². The van der Waals surface area contributed by atoms with E-state index < -0.39 is 10.3 Å². The molecule has 0 fully saturated rings. The molecule has 0 aromatic rings. The van der Waals surface area contributed by atoms with Gasteiger partial charge in [0.05, 0.1) is 0 Å². The maximum atomic E-state index is 9.76. The zero-order chi connectivity index (χ0) is 5.86. The fourth-order valence-corrected chi connectivity index (χ4v) is 0.354. The second kappa shape index (κ2) is 3.04. The first-order valence-corrected chi connectivity index (χ1v) is 3.24. The average Bonchev–Trinajstić information content (AvgIpc) is 1.65. The Kier molecular flexibility index (Phi) is 3.04. The first kappa shape index (κ1) is 6.98. The topological polar surface area (TPSA) is 34.1 Å². The van der Waals surface area contributed by atoms with Crippen LogP contribution in [0.5, 0.6) is 0 Å². The summed E-state index contributed by atoms with van der Waals surface area (Å²) in [6.45, 7) is 1.68. The number of halogens is 1. The van der Waals surface area contributed by atoms with E-state index in [0.29, 0.717) is 6.42 Å². The maximum absolute atomic E-state index is 9.76. The van der Waals surface area contributed by atoms with Crippen LogP contribution in [0.3, 0.4) is 0 Å². The summed E-state index contributed by atoms with van der Waals surface area (Å²) in [7, 11) is -2.18. The molecule has 0 aliphatic heterocycles. The molecule has 0 bridgehead atoms. The fraction of sp³-hybridized carbons (Fsp3) is 0.667. The van der Waals surface area contributed by atoms with E-state index in [1.54, 1.807) is 6.92 Å². The van der Waals surface area contributed by atoms with Crippen LogP contribution in [0.15, 0.2) is 0 Å². The normalized spacial score (nSPS) is 8.29. The molecule has 0 spiro atoms. The Bertz CT molecular complexity index is 159. The molecule has 0 N–H and O–H groups in total. The Hall–Kier alpha value is -0.0200. The summed E-state index contributed by atoms with van der Waals surface area (Å²) in [6, 6.07) is 0. The largest absolute Gasteiger partial charge is 0.228 e. The van der Waals surface area contributed by atoms with Crippen LogP contribution < -0.4 is 0 Å². The molecule has 0 rings (SSSR count). The Balaban J connectivity index is 4.33. The maximum Gasteiger partial charge on any atom is 0.228 e. The van der Waals surface area contributed by atoms with E-state index in [1.807, 2.05) is 0 Å². The highest BCUT2D eigenvalue weighted by Crippen LogP contribution is 1.85. The third-order valence-corrected chi connectivity index (χ3v) is 1.75. The van der Waals surface area contributed by atoms with E-state index in [0.717, 1.165) is 0 Å². The fourth-order valence-electron chi connectivity index (χ4n) is 0.118. The highest BCUT2D eigenvalue weighted by Gasteiger charge is 1.85. The van der Waals surface area contributed by atoms with Crippen LogP contribution in [0.2, 0.25) is 0 Å². The van der Waals surface area contributed by atoms with Crippen LogP contribution >= 0.6 is 11.6 Å². The van der Waals surface area contributed by atoms with Crippen LogP contribution in [0.4, 0.5) is 0 Å². The van der Waals surface area contributed by atoms with Crippen LogP contribution in [0.25, 0.3) is 0 Å². The van der Waals surface area contributed by atoms with Crippen LogP contribution in [-0.2, 0) is 10.3 Å². The summed E-state index contributed by atoms with van der Waals surface area (Å²) in [5.41, 5.74) is 0. The lowest BCUT2D eigenvalue weighted by molar-refractivity contribution is 0.627. The van der Waals surface area contributed by atoms with Gasteiger partial charge in [-0.3, -0.25) is 0 Å². The predicted molar refractivity (Wildman–Crippen MR) is 30.1 cm³/mol. The Morgan fingerprint density at radius 1 is 1.71 bits per heavy atom. The SMILES string of the molecule is CCC(Cl)=S(=O)=O. The van der Waals surface area contributed by atoms with Gasteiger partial charge in [0.25, 0.3) is 0 Å². The predicted octanol–water partition coefficient (Wildman–Crippen LogP) is 0.644. The van der Waals surface area contributed by atoms with Crippen molar-refractivity contribution in [2.75, 3.05) is 0 Å². The van der Waals surface area contributed by atoms with Gasteiger partial charge in [0, 0.05) is 0 Å². The summed E-state index contributed by atoms with van der Waals surface area (Å²) in [5, 5.41) is 0. The van der Waals surface area contributed by atoms with Gasteiger partial charge in [-0.2, -0.15) is 8.42 Å². The lowest BCUT2D eigenvalue weighted by Crippen LogP contribution is -1.81. The molecule has 0 aromatic heterocycles. The number of hydrogen-bond acceptors (Lipinski definition) is 2. The second-order valence-corrected chi connectivity index (χ2v) is 2.59. The highest BCUT2D eigenvalue weighted by molar-refractivity contribution is 7.76. The molecule has 0 unspecified atom stereocenters. The van der Waals surface area contributed by atoms with E-state index in [2.05, 4.69) is 0 Å². The molecule has 0 radical (unpaired) electrons. The number of hydrogen-bond donors (Lipinski definition) is 0. The van der Waals surface area contributed by atoms with Gasteiger partial charge >= 0.3 is 0 Å². The minimum atomic E-state index is -2.18. The van der Waals surface area contributed by atoms with Crippen LogP contribution in [0.1, 0.15) is 13.3 Å². The lowest BCUT2D eigenvalue weighted by atomic mass is 10.6. The molecule has 0 heterocycles. The quantitative estimate of drug-likeness (QED) is 0.396. The average molecular weight is 141 g/mol. The molecule has 0 aliphatic rings. The van der Waals surface area contributed by atoms with Crippen molar-refractivity contribution in [2.24, 2.45) is 0 Å². The third-order valence-electron chi connectivity index (χ3n) is 0.459. The molecule has 0 aliphatic carbocycles. The smallest absolute Gasteiger partial charge is 0.183 e. The van der Waals surface area contributed by atoms with Gasteiger partial charge in [-0.05, 0) is 6.42 Å². The lowest BCUT2D eigenvalue weighted by Gasteiger charge is -1.73. The summed E-state index contributed by atoms with van der Waals surface area (Å²) < 4.78 is 19.5. The monoisotopic (exact) mass is 140 g/mol. The van der Waals surface area contributed by atoms with E-state index in [1.165, 1.54) is 0 Å². The first-order chi connectivity index (χ1) is 3.18. The van der Waals surface area contributed by atoms with Crippen molar-refractivity contribution in [1.29, 1.82) is 0 Å². The molecular weight excluding hydrogens is 136 g/mol. The molecular formula is C3H5ClO2S. The standard InChI is InChI=1S/C3H5ClO2S/c1-2-3(4)7(5)6/h2H2,1H3. The molecule has 4 heteroatoms. The van der Waals surface area contributed by atoms with Crippen molar-refractivity contribution in [1.82, 2.24) is 0 Å². The summed E-state index contributed by atoms with van der Waals surface area (Å²) in [4.78, 5) is 0. The molecule has 0 atom stereocenters. The van der Waals surface area contributed by atoms with Gasteiger partial charge in [-0.25, -0.2) is 0 Å². The molecule has 7 heavy (non-hydrogen) atoms. The number of rotatable bonds is 1. The van der Waals surface area contributed by atoms with Crippen molar-refractivity contribution < 1.29 is 8.42 Å². The van der Waals surface area contributed by atoms with E-state index in [9.17, 15) is 8.42 Å². The molecule has 42 valence electrons. The van der Waals surface area contributed by atoms with Crippen molar-refractivity contribution in [3.8, 4) is 0 Å². The van der Waals surface area contributed by atoms with Gasteiger partial charge in [0.2, 0.25) is 10.3 Å². The summed E-state index contributed by atoms with van der Waals surface area (Å²) in [5.74, 6) is 0. The Morgan fingerprint density at radius 3 is 2.14 bits per heavy atom. The second-order valence-electron chi connectivity index (χ2n) is 0.943. The summed E-state index contributed by atoms with van der Waals surface area (Å²) in [6.07, 6.45) is 0.387. The molecule has 0 amide bonds. The van der Waals surface area contributed by atoms with Crippen molar-refractivity contribution in [3.05, 3.63) is 0 Å². The Morgan fingerprint density at radius 2 is 2.14 bits per heavy atom. The van der Waals surface area contributed by atoms with Gasteiger partial charge in [-0.15, -0.1) is 0 Å². The first-order valence-electron chi connectivity index (χ1n) is 1.79. The zero-order valence-corrected chi connectivity index (χ0v) is 5.38. The molecule has 2 nitrogen and oxygen atoms in total. The third kappa shape index (κ3) is 2.65. The summed E-state index contributed by atoms with van der Waals surface area (Å²) >= 11 is 5.10. The van der Waals surface area contributed by atoms with Gasteiger partial charge in [0.15, 0.2) is 0 Å². The van der Waals surface area contributed by atoms with E-state index in [-0.39, 0.29) is 4.32 Å². The Labute approximate surface area is 48.6 Å². The minimum Gasteiger partial charge on any atom is -0.183 e. The van der Waals surface area contributed by atoms with Gasteiger partial charge < -0.3 is 0 Å². The van der Waals surface area contributed by atoms with Crippen LogP contribution in [0, 0.1) is 0 Å². The van der Waals surface area contributed by atoms with E-state index >= 15 is 0 Å². The van der Waals surface area contributed by atoms with Crippen LogP contribution in [-0.4, -0.2) is 12.7 Å². The van der Waals surface area contributed by atoms with Crippen molar-refractivity contribution in [3.63, 3.8) is 0 Å².